The van der Waals surface area contributed by atoms with Gasteiger partial charge in [-0.05, 0) is 22.8 Å². The predicted molar refractivity (Wildman–Crippen MR) is 90.8 cm³/mol. The normalized spacial score (nSPS) is 17.7. The molecule has 4 nitrogen and oxygen atoms in total. The van der Waals surface area contributed by atoms with Crippen LogP contribution in [0.15, 0.2) is 42.5 Å². The molecule has 2 aromatic rings. The Balaban J connectivity index is 1.70. The van der Waals surface area contributed by atoms with Crippen LogP contribution in [0.5, 0.6) is 0 Å². The van der Waals surface area contributed by atoms with Crippen molar-refractivity contribution in [1.82, 2.24) is 10.2 Å². The topological polar surface area (TPSA) is 49.4 Å². The molecule has 2 aromatic carbocycles. The van der Waals surface area contributed by atoms with Gasteiger partial charge in [0.15, 0.2) is 0 Å². The van der Waals surface area contributed by atoms with Crippen LogP contribution < -0.4 is 5.32 Å². The monoisotopic (exact) mass is 310 g/mol. The van der Waals surface area contributed by atoms with E-state index in [2.05, 4.69) is 29.6 Å². The number of rotatable bonds is 5. The molecule has 0 aromatic heterocycles. The molecular formula is C19H22N2O2. The fourth-order valence-corrected chi connectivity index (χ4v) is 3.18. The Hall–Kier alpha value is -2.36. The zero-order valence-electron chi connectivity index (χ0n) is 13.4. The summed E-state index contributed by atoms with van der Waals surface area (Å²) in [5.41, 5.74) is 1.15. The van der Waals surface area contributed by atoms with Gasteiger partial charge in [0.1, 0.15) is 0 Å². The van der Waals surface area contributed by atoms with Crippen LogP contribution in [-0.2, 0) is 16.1 Å². The summed E-state index contributed by atoms with van der Waals surface area (Å²) in [5, 5.41) is 5.33. The number of likely N-dealkylation sites (tertiary alicyclic amines) is 1. The van der Waals surface area contributed by atoms with E-state index >= 15 is 0 Å². The molecule has 4 heteroatoms. The Morgan fingerprint density at radius 3 is 2.83 bits per heavy atom. The molecule has 1 atom stereocenters. The molecule has 1 saturated heterocycles. The van der Waals surface area contributed by atoms with Crippen molar-refractivity contribution in [2.75, 3.05) is 6.54 Å². The second kappa shape index (κ2) is 6.82. The molecule has 23 heavy (non-hydrogen) atoms. The third-order valence-electron chi connectivity index (χ3n) is 4.30. The highest BCUT2D eigenvalue weighted by Gasteiger charge is 2.30. The van der Waals surface area contributed by atoms with Gasteiger partial charge in [0.2, 0.25) is 11.8 Å². The van der Waals surface area contributed by atoms with Crippen molar-refractivity contribution in [2.24, 2.45) is 0 Å². The lowest BCUT2D eigenvalue weighted by atomic mass is 10.0. The van der Waals surface area contributed by atoms with E-state index in [0.717, 1.165) is 12.0 Å². The first-order valence-electron chi connectivity index (χ1n) is 8.21. The first-order valence-corrected chi connectivity index (χ1v) is 8.21. The average molecular weight is 310 g/mol. The smallest absolute Gasteiger partial charge is 0.225 e. The lowest BCUT2D eigenvalue weighted by molar-refractivity contribution is -0.128. The third-order valence-corrected chi connectivity index (χ3v) is 4.30. The lowest BCUT2D eigenvalue weighted by Gasteiger charge is -2.18. The minimum Gasteiger partial charge on any atom is -0.351 e. The maximum atomic E-state index is 12.2. The quantitative estimate of drug-likeness (QED) is 0.923. The van der Waals surface area contributed by atoms with Crippen molar-refractivity contribution in [3.63, 3.8) is 0 Å². The fourth-order valence-electron chi connectivity index (χ4n) is 3.18. The number of nitrogens with one attached hydrogen (secondary N) is 1. The third kappa shape index (κ3) is 3.52. The van der Waals surface area contributed by atoms with Crippen molar-refractivity contribution in [2.45, 2.75) is 38.8 Å². The van der Waals surface area contributed by atoms with Gasteiger partial charge in [0, 0.05) is 25.9 Å². The molecule has 0 spiro atoms. The van der Waals surface area contributed by atoms with Crippen LogP contribution in [0.3, 0.4) is 0 Å². The highest BCUT2D eigenvalue weighted by atomic mass is 16.2. The maximum absolute atomic E-state index is 12.2. The summed E-state index contributed by atoms with van der Waals surface area (Å²) in [4.78, 5) is 25.8. The van der Waals surface area contributed by atoms with Gasteiger partial charge in [0.05, 0.1) is 6.04 Å². The van der Waals surface area contributed by atoms with Crippen molar-refractivity contribution in [1.29, 1.82) is 0 Å². The molecule has 2 amide bonds. The number of carbonyl (C=O) groups is 2. The summed E-state index contributed by atoms with van der Waals surface area (Å²) < 4.78 is 0. The zero-order valence-corrected chi connectivity index (χ0v) is 13.4. The molecule has 1 N–H and O–H groups in total. The van der Waals surface area contributed by atoms with E-state index in [9.17, 15) is 9.59 Å². The van der Waals surface area contributed by atoms with E-state index < -0.39 is 0 Å². The van der Waals surface area contributed by atoms with Crippen molar-refractivity contribution >= 4 is 22.6 Å². The van der Waals surface area contributed by atoms with Crippen molar-refractivity contribution < 1.29 is 9.59 Å². The van der Waals surface area contributed by atoms with Gasteiger partial charge in [-0.25, -0.2) is 0 Å². The van der Waals surface area contributed by atoms with Crippen LogP contribution in [0.4, 0.5) is 0 Å². The molecule has 0 radical (unpaired) electrons. The first-order chi connectivity index (χ1) is 11.2. The van der Waals surface area contributed by atoms with E-state index in [0.29, 0.717) is 25.9 Å². The van der Waals surface area contributed by atoms with E-state index in [4.69, 9.17) is 0 Å². The summed E-state index contributed by atoms with van der Waals surface area (Å²) in [5.74, 6) is 0.150. The van der Waals surface area contributed by atoms with Gasteiger partial charge < -0.3 is 10.2 Å². The van der Waals surface area contributed by atoms with Crippen LogP contribution in [0.25, 0.3) is 10.8 Å². The Morgan fingerprint density at radius 1 is 1.22 bits per heavy atom. The number of benzene rings is 2. The number of hydrogen-bond acceptors (Lipinski definition) is 2. The van der Waals surface area contributed by atoms with Crippen LogP contribution >= 0.6 is 0 Å². The Kier molecular flexibility index (Phi) is 4.60. The van der Waals surface area contributed by atoms with E-state index in [1.54, 1.807) is 0 Å². The van der Waals surface area contributed by atoms with Crippen LogP contribution in [0.1, 0.15) is 31.7 Å². The van der Waals surface area contributed by atoms with Gasteiger partial charge in [0.25, 0.3) is 0 Å². The number of amides is 2. The maximum Gasteiger partial charge on any atom is 0.225 e. The van der Waals surface area contributed by atoms with Crippen LogP contribution in [0, 0.1) is 0 Å². The number of carbonyl (C=O) groups excluding carboxylic acids is 2. The molecule has 0 aliphatic carbocycles. The number of hydrogen-bond donors (Lipinski definition) is 1. The Morgan fingerprint density at radius 2 is 2.00 bits per heavy atom. The summed E-state index contributed by atoms with van der Waals surface area (Å²) >= 11 is 0. The Labute approximate surface area is 136 Å². The minimum atomic E-state index is -0.0588. The first kappa shape index (κ1) is 15.5. The fraction of sp³-hybridized carbons (Fsp3) is 0.368. The second-order valence-electron chi connectivity index (χ2n) is 6.13. The largest absolute Gasteiger partial charge is 0.351 e. The van der Waals surface area contributed by atoms with Crippen LogP contribution in [-0.4, -0.2) is 29.3 Å². The van der Waals surface area contributed by atoms with Crippen molar-refractivity contribution in [3.05, 3.63) is 48.0 Å². The van der Waals surface area contributed by atoms with Gasteiger partial charge in [-0.15, -0.1) is 0 Å². The summed E-state index contributed by atoms with van der Waals surface area (Å²) in [6.07, 6.45) is 1.75. The molecule has 0 saturated carbocycles. The van der Waals surface area contributed by atoms with Gasteiger partial charge in [-0.2, -0.15) is 0 Å². The summed E-state index contributed by atoms with van der Waals surface area (Å²) in [6.45, 7) is 3.17. The molecule has 1 fully saturated rings. The van der Waals surface area contributed by atoms with E-state index in [1.807, 2.05) is 30.0 Å². The predicted octanol–water partition coefficient (Wildman–Crippen LogP) is 2.86. The summed E-state index contributed by atoms with van der Waals surface area (Å²) in [7, 11) is 0. The van der Waals surface area contributed by atoms with Crippen molar-refractivity contribution in [3.8, 4) is 0 Å². The standard InChI is InChI=1S/C19H22N2O2/c1-2-6-18(22)20-16-11-19(23)21(13-16)12-15-9-5-8-14-7-3-4-10-17(14)15/h3-5,7-10,16H,2,6,11-13H2,1H3,(H,20,22)/t16-/m1/s1. The molecule has 1 aliphatic heterocycles. The minimum absolute atomic E-state index is 0.0392. The van der Waals surface area contributed by atoms with Gasteiger partial charge >= 0.3 is 0 Å². The average Bonchev–Trinajstić information content (AvgIpc) is 2.87. The molecule has 120 valence electrons. The molecule has 3 rings (SSSR count). The van der Waals surface area contributed by atoms with E-state index in [-0.39, 0.29) is 17.9 Å². The number of fused-ring (bicyclic) bond motifs is 1. The highest BCUT2D eigenvalue weighted by Crippen LogP contribution is 2.22. The molecule has 0 bridgehead atoms. The molecule has 1 heterocycles. The molecule has 0 unspecified atom stereocenters. The SMILES string of the molecule is CCCC(=O)N[C@@H]1CC(=O)N(Cc2cccc3ccccc23)C1. The number of nitrogens with zero attached hydrogens (tertiary/aromatic N) is 1. The zero-order chi connectivity index (χ0) is 16.2. The van der Waals surface area contributed by atoms with Crippen LogP contribution in [0.2, 0.25) is 0 Å². The Bertz CT molecular complexity index is 721. The van der Waals surface area contributed by atoms with E-state index in [1.165, 1.54) is 10.8 Å². The van der Waals surface area contributed by atoms with Gasteiger partial charge in [-0.1, -0.05) is 49.4 Å². The summed E-state index contributed by atoms with van der Waals surface area (Å²) in [6, 6.07) is 14.3. The lowest BCUT2D eigenvalue weighted by Crippen LogP contribution is -2.36. The molecular weight excluding hydrogens is 288 g/mol. The van der Waals surface area contributed by atoms with Gasteiger partial charge in [-0.3, -0.25) is 9.59 Å². The second-order valence-corrected chi connectivity index (χ2v) is 6.13. The highest BCUT2D eigenvalue weighted by molar-refractivity contribution is 5.87. The molecule has 1 aliphatic rings.